The van der Waals surface area contributed by atoms with Crippen LogP contribution in [-0.4, -0.2) is 32.3 Å². The second kappa shape index (κ2) is 10.4. The van der Waals surface area contributed by atoms with Crippen LogP contribution in [0.15, 0.2) is 53.7 Å². The summed E-state index contributed by atoms with van der Waals surface area (Å²) in [4.78, 5) is 24.8. The summed E-state index contributed by atoms with van der Waals surface area (Å²) in [7, 11) is 1.76. The van der Waals surface area contributed by atoms with E-state index >= 15 is 0 Å². The average Bonchev–Trinajstić information content (AvgIpc) is 3.13. The molecule has 2 amide bonds. The van der Waals surface area contributed by atoms with Crippen LogP contribution in [0.4, 0.5) is 10.1 Å². The van der Waals surface area contributed by atoms with Crippen molar-refractivity contribution in [3.8, 4) is 0 Å². The maximum Gasteiger partial charge on any atom is 0.254 e. The third kappa shape index (κ3) is 5.53. The van der Waals surface area contributed by atoms with Crippen LogP contribution < -0.4 is 10.6 Å². The number of nitrogens with zero attached hydrogens (tertiary/aromatic N) is 3. The summed E-state index contributed by atoms with van der Waals surface area (Å²) in [6.07, 6.45) is 0. The molecule has 7 nitrogen and oxygen atoms in total. The van der Waals surface area contributed by atoms with E-state index in [1.54, 1.807) is 24.6 Å². The minimum Gasteiger partial charge on any atom is -0.342 e. The Bertz CT molecular complexity index is 1120. The van der Waals surface area contributed by atoms with Crippen LogP contribution in [-0.2, 0) is 11.8 Å². The summed E-state index contributed by atoms with van der Waals surface area (Å²) in [5, 5.41) is 14.5. The number of benzene rings is 2. The van der Waals surface area contributed by atoms with E-state index in [4.69, 9.17) is 0 Å². The van der Waals surface area contributed by atoms with Crippen LogP contribution in [0.5, 0.6) is 0 Å². The minimum atomic E-state index is -0.587. The van der Waals surface area contributed by atoms with Crippen molar-refractivity contribution in [2.24, 2.45) is 7.05 Å². The lowest BCUT2D eigenvalue weighted by Gasteiger charge is -2.14. The van der Waals surface area contributed by atoms with Crippen LogP contribution in [0, 0.1) is 5.82 Å². The summed E-state index contributed by atoms with van der Waals surface area (Å²) in [6.45, 7) is 5.90. The highest BCUT2D eigenvalue weighted by Crippen LogP contribution is 2.25. The predicted octanol–water partition coefficient (Wildman–Crippen LogP) is 4.30. The van der Waals surface area contributed by atoms with Crippen molar-refractivity contribution in [1.29, 1.82) is 0 Å². The molecule has 3 aromatic rings. The Morgan fingerprint density at radius 2 is 1.75 bits per heavy atom. The number of para-hydroxylation sites is 1. The Hall–Kier alpha value is -3.20. The Morgan fingerprint density at radius 1 is 1.06 bits per heavy atom. The second-order valence-corrected chi connectivity index (χ2v) is 8.60. The molecule has 0 saturated heterocycles. The summed E-state index contributed by atoms with van der Waals surface area (Å²) in [5.41, 5.74) is 1.84. The Morgan fingerprint density at radius 3 is 2.47 bits per heavy atom. The minimum absolute atomic E-state index is 0.0329. The number of thioether (sulfide) groups is 1. The zero-order valence-electron chi connectivity index (χ0n) is 18.4. The quantitative estimate of drug-likeness (QED) is 0.495. The van der Waals surface area contributed by atoms with Crippen molar-refractivity contribution in [3.05, 3.63) is 71.3 Å². The van der Waals surface area contributed by atoms with E-state index in [2.05, 4.69) is 34.7 Å². The molecule has 1 unspecified atom stereocenters. The zero-order valence-corrected chi connectivity index (χ0v) is 19.2. The van der Waals surface area contributed by atoms with Gasteiger partial charge in [0.05, 0.1) is 17.4 Å². The lowest BCUT2D eigenvalue weighted by Crippen LogP contribution is -2.29. The van der Waals surface area contributed by atoms with Gasteiger partial charge in [-0.2, -0.15) is 0 Å². The van der Waals surface area contributed by atoms with E-state index in [1.165, 1.54) is 30.0 Å². The van der Waals surface area contributed by atoms with Gasteiger partial charge in [0.1, 0.15) is 5.82 Å². The van der Waals surface area contributed by atoms with Gasteiger partial charge in [-0.05, 0) is 36.6 Å². The number of carbonyl (C=O) groups excluding carboxylic acids is 2. The largest absolute Gasteiger partial charge is 0.342 e. The number of rotatable bonds is 8. The maximum absolute atomic E-state index is 13.8. The van der Waals surface area contributed by atoms with Crippen LogP contribution in [0.3, 0.4) is 0 Å². The third-order valence-electron chi connectivity index (χ3n) is 4.91. The first kappa shape index (κ1) is 23.5. The molecule has 0 fully saturated rings. The van der Waals surface area contributed by atoms with Gasteiger partial charge in [-0.25, -0.2) is 4.39 Å². The van der Waals surface area contributed by atoms with Crippen molar-refractivity contribution in [3.63, 3.8) is 0 Å². The first-order valence-electron chi connectivity index (χ1n) is 10.2. The monoisotopic (exact) mass is 455 g/mol. The van der Waals surface area contributed by atoms with Gasteiger partial charge >= 0.3 is 0 Å². The molecule has 2 aromatic carbocycles. The summed E-state index contributed by atoms with van der Waals surface area (Å²) >= 11 is 1.25. The normalized spacial score (nSPS) is 11.9. The van der Waals surface area contributed by atoms with Crippen molar-refractivity contribution < 1.29 is 14.0 Å². The number of halogens is 1. The molecule has 0 aliphatic carbocycles. The molecule has 0 aliphatic heterocycles. The number of aromatic nitrogens is 3. The summed E-state index contributed by atoms with van der Waals surface area (Å²) in [6, 6.07) is 13.0. The highest BCUT2D eigenvalue weighted by atomic mass is 32.2. The number of amides is 2. The molecule has 0 aliphatic rings. The van der Waals surface area contributed by atoms with Crippen LogP contribution >= 0.6 is 11.8 Å². The molecular formula is C23H26FN5O2S. The fourth-order valence-electron chi connectivity index (χ4n) is 3.24. The molecule has 1 heterocycles. The number of hydrogen-bond donors (Lipinski definition) is 2. The van der Waals surface area contributed by atoms with Crippen molar-refractivity contribution in [2.75, 3.05) is 11.1 Å². The standard InChI is InChI=1S/C23H26FN5O2S/c1-14(2)16-9-6-8-12-19(16)26-20(30)13-32-23-28-27-21(29(23)4)15(3)25-22(31)17-10-5-7-11-18(17)24/h5-12,14-15H,13H2,1-4H3,(H,25,31)(H,26,30). The highest BCUT2D eigenvalue weighted by Gasteiger charge is 2.20. The molecule has 9 heteroatoms. The third-order valence-corrected chi connectivity index (χ3v) is 5.93. The second-order valence-electron chi connectivity index (χ2n) is 7.65. The molecule has 0 saturated carbocycles. The number of carbonyl (C=O) groups is 2. The van der Waals surface area contributed by atoms with E-state index in [0.29, 0.717) is 16.9 Å². The molecule has 0 bridgehead atoms. The number of anilines is 1. The fourth-order valence-corrected chi connectivity index (χ4v) is 3.96. The average molecular weight is 456 g/mol. The van der Waals surface area contributed by atoms with Crippen molar-refractivity contribution in [2.45, 2.75) is 37.9 Å². The van der Waals surface area contributed by atoms with E-state index < -0.39 is 17.8 Å². The van der Waals surface area contributed by atoms with Crippen LogP contribution in [0.2, 0.25) is 0 Å². The molecule has 1 atom stereocenters. The Kier molecular flexibility index (Phi) is 7.63. The fraction of sp³-hybridized carbons (Fsp3) is 0.304. The molecule has 2 N–H and O–H groups in total. The zero-order chi connectivity index (χ0) is 23.3. The molecule has 1 aromatic heterocycles. The van der Waals surface area contributed by atoms with Gasteiger partial charge in [-0.15, -0.1) is 10.2 Å². The van der Waals surface area contributed by atoms with Crippen LogP contribution in [0.25, 0.3) is 0 Å². The summed E-state index contributed by atoms with van der Waals surface area (Å²) in [5.74, 6) is -0.306. The molecule has 32 heavy (non-hydrogen) atoms. The van der Waals surface area contributed by atoms with E-state index in [1.807, 2.05) is 24.3 Å². The SMILES string of the molecule is CC(C)c1ccccc1NC(=O)CSc1nnc(C(C)NC(=O)c2ccccc2F)n1C. The van der Waals surface area contributed by atoms with Gasteiger partial charge in [0, 0.05) is 12.7 Å². The van der Waals surface area contributed by atoms with E-state index in [-0.39, 0.29) is 17.2 Å². The van der Waals surface area contributed by atoms with Gasteiger partial charge in [-0.1, -0.05) is 55.9 Å². The molecule has 168 valence electrons. The smallest absolute Gasteiger partial charge is 0.254 e. The maximum atomic E-state index is 13.8. The van der Waals surface area contributed by atoms with Gasteiger partial charge < -0.3 is 15.2 Å². The number of hydrogen-bond acceptors (Lipinski definition) is 5. The predicted molar refractivity (Wildman–Crippen MR) is 123 cm³/mol. The summed E-state index contributed by atoms with van der Waals surface area (Å²) < 4.78 is 15.6. The van der Waals surface area contributed by atoms with E-state index in [0.717, 1.165) is 11.3 Å². The number of nitrogens with one attached hydrogen (secondary N) is 2. The lowest BCUT2D eigenvalue weighted by atomic mass is 10.0. The molecular weight excluding hydrogens is 429 g/mol. The van der Waals surface area contributed by atoms with Crippen molar-refractivity contribution in [1.82, 2.24) is 20.1 Å². The van der Waals surface area contributed by atoms with Crippen molar-refractivity contribution >= 4 is 29.3 Å². The highest BCUT2D eigenvalue weighted by molar-refractivity contribution is 7.99. The van der Waals surface area contributed by atoms with Gasteiger partial charge in [0.2, 0.25) is 5.91 Å². The lowest BCUT2D eigenvalue weighted by molar-refractivity contribution is -0.113. The first-order chi connectivity index (χ1) is 15.3. The van der Waals surface area contributed by atoms with Crippen LogP contribution in [0.1, 0.15) is 54.5 Å². The molecule has 0 radical (unpaired) electrons. The van der Waals surface area contributed by atoms with Gasteiger partial charge in [-0.3, -0.25) is 9.59 Å². The van der Waals surface area contributed by atoms with Gasteiger partial charge in [0.25, 0.3) is 5.91 Å². The van der Waals surface area contributed by atoms with E-state index in [9.17, 15) is 14.0 Å². The first-order valence-corrected chi connectivity index (χ1v) is 11.2. The Balaban J connectivity index is 1.60. The molecule has 0 spiro atoms. The topological polar surface area (TPSA) is 88.9 Å². The molecule has 3 rings (SSSR count). The Labute approximate surface area is 190 Å². The van der Waals surface area contributed by atoms with Gasteiger partial charge in [0.15, 0.2) is 11.0 Å².